The summed E-state index contributed by atoms with van der Waals surface area (Å²) >= 11 is 6.03. The van der Waals surface area contributed by atoms with Crippen molar-refractivity contribution in [1.82, 2.24) is 5.32 Å². The minimum absolute atomic E-state index is 0.0670. The van der Waals surface area contributed by atoms with Crippen molar-refractivity contribution in [2.24, 2.45) is 0 Å². The summed E-state index contributed by atoms with van der Waals surface area (Å²) in [5, 5.41) is 2.23. The van der Waals surface area contributed by atoms with Gasteiger partial charge in [-0.05, 0) is 25.0 Å². The predicted octanol–water partition coefficient (Wildman–Crippen LogP) is 0.958. The van der Waals surface area contributed by atoms with Crippen LogP contribution in [-0.4, -0.2) is 49.8 Å². The molecule has 120 valence electrons. The van der Waals surface area contributed by atoms with Crippen molar-refractivity contribution in [2.75, 3.05) is 23.0 Å². The molecule has 1 fully saturated rings. The third kappa shape index (κ3) is 3.08. The van der Waals surface area contributed by atoms with Gasteiger partial charge in [0.15, 0.2) is 9.84 Å². The van der Waals surface area contributed by atoms with Crippen LogP contribution in [-0.2, 0) is 21.1 Å². The summed E-state index contributed by atoms with van der Waals surface area (Å²) in [5.74, 6) is -0.321. The highest BCUT2D eigenvalue weighted by molar-refractivity contribution is 7.91. The van der Waals surface area contributed by atoms with E-state index in [1.807, 2.05) is 18.2 Å². The zero-order chi connectivity index (χ0) is 15.9. The normalized spacial score (nSPS) is 29.4. The van der Waals surface area contributed by atoms with Crippen LogP contribution in [0.15, 0.2) is 24.3 Å². The number of rotatable bonds is 3. The van der Waals surface area contributed by atoms with E-state index in [2.05, 4.69) is 23.2 Å². The molecule has 3 rings (SSSR count). The maximum absolute atomic E-state index is 12.3. The third-order valence-corrected chi connectivity index (χ3v) is 6.67. The number of nitrogens with one attached hydrogen (secondary N) is 1. The largest absolute Gasteiger partial charge is 0.359 e. The van der Waals surface area contributed by atoms with Crippen LogP contribution in [0.2, 0.25) is 0 Å². The fourth-order valence-electron chi connectivity index (χ4n) is 3.21. The van der Waals surface area contributed by atoms with Gasteiger partial charge in [0.2, 0.25) is 5.91 Å². The molecule has 0 unspecified atom stereocenters. The Morgan fingerprint density at radius 2 is 2.09 bits per heavy atom. The molecule has 1 aromatic rings. The average Bonchev–Trinajstić information content (AvgIpc) is 2.87. The van der Waals surface area contributed by atoms with E-state index in [4.69, 9.17) is 11.6 Å². The van der Waals surface area contributed by atoms with E-state index in [0.29, 0.717) is 0 Å². The Hall–Kier alpha value is -1.27. The van der Waals surface area contributed by atoms with Crippen LogP contribution >= 0.6 is 11.6 Å². The number of benzene rings is 1. The number of sulfone groups is 1. The van der Waals surface area contributed by atoms with Crippen molar-refractivity contribution >= 4 is 33.0 Å². The third-order valence-electron chi connectivity index (χ3n) is 4.29. The molecule has 0 bridgehead atoms. The quantitative estimate of drug-likeness (QED) is 0.831. The molecule has 5 nitrogen and oxygen atoms in total. The molecule has 22 heavy (non-hydrogen) atoms. The van der Waals surface area contributed by atoms with E-state index in [0.717, 1.165) is 12.1 Å². The summed E-state index contributed by atoms with van der Waals surface area (Å²) in [6.07, 6.45) is 0.916. The van der Waals surface area contributed by atoms with Gasteiger partial charge in [0, 0.05) is 11.7 Å². The Balaban J connectivity index is 1.66. The molecule has 0 aliphatic carbocycles. The van der Waals surface area contributed by atoms with Crippen LogP contribution < -0.4 is 10.2 Å². The van der Waals surface area contributed by atoms with Gasteiger partial charge >= 0.3 is 0 Å². The smallest absolute Gasteiger partial charge is 0.239 e. The Morgan fingerprint density at radius 1 is 1.36 bits per heavy atom. The number of fused-ring (bicyclic) bond motifs is 1. The molecule has 1 N–H and O–H groups in total. The SMILES string of the molecule is C[C@@H]1Cc2ccccc2N1CC(=O)N[C@@H]1CS(=O)(=O)C[C@@H]1Cl. The molecule has 0 saturated carbocycles. The molecule has 3 atom stereocenters. The standard InChI is InChI=1S/C15H19ClN2O3S/c1-10-6-11-4-2-3-5-14(11)18(10)7-15(19)17-13-9-22(20,21)8-12(13)16/h2-5,10,12-13H,6-9H2,1H3,(H,17,19)/t10-,12+,13-/m1/s1. The molecule has 0 aromatic heterocycles. The van der Waals surface area contributed by atoms with Gasteiger partial charge in [-0.25, -0.2) is 8.42 Å². The molecule has 0 spiro atoms. The van der Waals surface area contributed by atoms with Crippen molar-refractivity contribution in [2.45, 2.75) is 30.8 Å². The average molecular weight is 343 g/mol. The van der Waals surface area contributed by atoms with E-state index >= 15 is 0 Å². The second kappa shape index (κ2) is 5.74. The number of nitrogens with zero attached hydrogens (tertiary/aromatic N) is 1. The van der Waals surface area contributed by atoms with Gasteiger partial charge in [0.05, 0.1) is 29.5 Å². The lowest BCUT2D eigenvalue weighted by Crippen LogP contribution is -2.46. The number of hydrogen-bond acceptors (Lipinski definition) is 4. The Morgan fingerprint density at radius 3 is 2.77 bits per heavy atom. The first-order chi connectivity index (χ1) is 10.4. The lowest BCUT2D eigenvalue weighted by molar-refractivity contribution is -0.120. The molecule has 2 heterocycles. The van der Waals surface area contributed by atoms with Crippen LogP contribution in [0.1, 0.15) is 12.5 Å². The highest BCUT2D eigenvalue weighted by atomic mass is 35.5. The second-order valence-corrected chi connectivity index (χ2v) is 8.79. The zero-order valence-electron chi connectivity index (χ0n) is 12.3. The molecule has 7 heteroatoms. The monoisotopic (exact) mass is 342 g/mol. The minimum Gasteiger partial charge on any atom is -0.359 e. The van der Waals surface area contributed by atoms with Crippen LogP contribution in [0.4, 0.5) is 5.69 Å². The topological polar surface area (TPSA) is 66.5 Å². The summed E-state index contributed by atoms with van der Waals surface area (Å²) < 4.78 is 23.1. The molecular formula is C15H19ClN2O3S. The first kappa shape index (κ1) is 15.6. The van der Waals surface area contributed by atoms with Crippen LogP contribution in [0, 0.1) is 0 Å². The van der Waals surface area contributed by atoms with E-state index in [1.165, 1.54) is 5.56 Å². The van der Waals surface area contributed by atoms with Crippen LogP contribution in [0.5, 0.6) is 0 Å². The van der Waals surface area contributed by atoms with Gasteiger partial charge in [-0.1, -0.05) is 18.2 Å². The fraction of sp³-hybridized carbons (Fsp3) is 0.533. The summed E-state index contributed by atoms with van der Waals surface area (Å²) in [6, 6.07) is 7.80. The van der Waals surface area contributed by atoms with E-state index in [1.54, 1.807) is 0 Å². The minimum atomic E-state index is -3.14. The van der Waals surface area contributed by atoms with Gasteiger partial charge in [0.25, 0.3) is 0 Å². The maximum atomic E-state index is 12.3. The van der Waals surface area contributed by atoms with Crippen molar-refractivity contribution in [3.8, 4) is 0 Å². The van der Waals surface area contributed by atoms with Crippen molar-refractivity contribution in [3.05, 3.63) is 29.8 Å². The Bertz CT molecular complexity index is 692. The molecule has 1 saturated heterocycles. The Labute approximate surface area is 135 Å². The number of carbonyl (C=O) groups is 1. The molecule has 2 aliphatic rings. The number of para-hydroxylation sites is 1. The molecule has 0 radical (unpaired) electrons. The zero-order valence-corrected chi connectivity index (χ0v) is 13.9. The predicted molar refractivity (Wildman–Crippen MR) is 87.2 cm³/mol. The second-order valence-electron chi connectivity index (χ2n) is 6.08. The molecule has 2 aliphatic heterocycles. The number of alkyl halides is 1. The highest BCUT2D eigenvalue weighted by Gasteiger charge is 2.37. The lowest BCUT2D eigenvalue weighted by atomic mass is 10.1. The van der Waals surface area contributed by atoms with Crippen molar-refractivity contribution < 1.29 is 13.2 Å². The molecule has 1 amide bonds. The Kier molecular flexibility index (Phi) is 4.07. The number of carbonyl (C=O) groups excluding carboxylic acids is 1. The first-order valence-electron chi connectivity index (χ1n) is 7.34. The summed E-state index contributed by atoms with van der Waals surface area (Å²) in [4.78, 5) is 14.3. The highest BCUT2D eigenvalue weighted by Crippen LogP contribution is 2.31. The van der Waals surface area contributed by atoms with E-state index in [-0.39, 0.29) is 30.0 Å². The lowest BCUT2D eigenvalue weighted by Gasteiger charge is -2.25. The summed E-state index contributed by atoms with van der Waals surface area (Å²) in [6.45, 7) is 2.30. The van der Waals surface area contributed by atoms with E-state index < -0.39 is 21.3 Å². The number of hydrogen-bond donors (Lipinski definition) is 1. The first-order valence-corrected chi connectivity index (χ1v) is 9.60. The van der Waals surface area contributed by atoms with Gasteiger partial charge in [0.1, 0.15) is 0 Å². The summed E-state index contributed by atoms with van der Waals surface area (Å²) in [7, 11) is -3.14. The number of anilines is 1. The van der Waals surface area contributed by atoms with Gasteiger partial charge in [-0.3, -0.25) is 4.79 Å². The molecule has 1 aromatic carbocycles. The molecular weight excluding hydrogens is 324 g/mol. The van der Waals surface area contributed by atoms with Gasteiger partial charge < -0.3 is 10.2 Å². The van der Waals surface area contributed by atoms with Gasteiger partial charge in [-0.2, -0.15) is 0 Å². The maximum Gasteiger partial charge on any atom is 0.239 e. The van der Waals surface area contributed by atoms with Crippen molar-refractivity contribution in [1.29, 1.82) is 0 Å². The van der Waals surface area contributed by atoms with E-state index in [9.17, 15) is 13.2 Å². The van der Waals surface area contributed by atoms with Crippen LogP contribution in [0.25, 0.3) is 0 Å². The fourth-order valence-corrected chi connectivity index (χ4v) is 5.76. The van der Waals surface area contributed by atoms with Gasteiger partial charge in [-0.15, -0.1) is 11.6 Å². The number of halogens is 1. The number of amides is 1. The van der Waals surface area contributed by atoms with Crippen molar-refractivity contribution in [3.63, 3.8) is 0 Å². The van der Waals surface area contributed by atoms with Crippen LogP contribution in [0.3, 0.4) is 0 Å². The summed E-state index contributed by atoms with van der Waals surface area (Å²) in [5.41, 5.74) is 2.31.